The van der Waals surface area contributed by atoms with Gasteiger partial charge in [0.2, 0.25) is 0 Å². The zero-order valence-electron chi connectivity index (χ0n) is 22.3. The summed E-state index contributed by atoms with van der Waals surface area (Å²) >= 11 is 0. The highest BCUT2D eigenvalue weighted by Crippen LogP contribution is 2.47. The highest BCUT2D eigenvalue weighted by atomic mass is 14.2. The molecular formula is C40H28. The van der Waals surface area contributed by atoms with Crippen molar-refractivity contribution in [1.29, 1.82) is 0 Å². The molecule has 188 valence electrons. The summed E-state index contributed by atoms with van der Waals surface area (Å²) in [6.45, 7) is 8.03. The zero-order valence-corrected chi connectivity index (χ0v) is 22.3. The average molecular weight is 509 g/mol. The van der Waals surface area contributed by atoms with Gasteiger partial charge in [-0.2, -0.15) is 0 Å². The molecule has 0 aliphatic carbocycles. The molecule has 0 aliphatic rings. The van der Waals surface area contributed by atoms with Gasteiger partial charge in [0.1, 0.15) is 0 Å². The smallest absolute Gasteiger partial charge is 0.00199 e. The molecule has 0 amide bonds. The number of fused-ring (bicyclic) bond motifs is 4. The lowest BCUT2D eigenvalue weighted by Crippen LogP contribution is -1.93. The fraction of sp³-hybridized carbons (Fsp3) is 0. The topological polar surface area (TPSA) is 0 Å². The Morgan fingerprint density at radius 2 is 0.925 bits per heavy atom. The summed E-state index contributed by atoms with van der Waals surface area (Å²) in [6.07, 6.45) is 5.76. The molecular weight excluding hydrogens is 480 g/mol. The largest absolute Gasteiger partial charge is 0.0990 e. The minimum Gasteiger partial charge on any atom is -0.0990 e. The Morgan fingerprint density at radius 1 is 0.450 bits per heavy atom. The monoisotopic (exact) mass is 508 g/mol. The second-order valence-electron chi connectivity index (χ2n) is 10.2. The van der Waals surface area contributed by atoms with Crippen LogP contribution in [0.1, 0.15) is 5.56 Å². The van der Waals surface area contributed by atoms with Gasteiger partial charge in [0, 0.05) is 0 Å². The molecule has 0 heterocycles. The van der Waals surface area contributed by atoms with E-state index in [1.807, 2.05) is 18.2 Å². The number of allylic oxidation sites excluding steroid dienone is 4. The molecule has 0 radical (unpaired) electrons. The van der Waals surface area contributed by atoms with Crippen molar-refractivity contribution in [2.75, 3.05) is 0 Å². The van der Waals surface area contributed by atoms with Crippen LogP contribution < -0.4 is 0 Å². The lowest BCUT2D eigenvalue weighted by atomic mass is 9.83. The van der Waals surface area contributed by atoms with Crippen molar-refractivity contribution < 1.29 is 0 Å². The van der Waals surface area contributed by atoms with Crippen LogP contribution in [0.5, 0.6) is 0 Å². The minimum absolute atomic E-state index is 1.06. The van der Waals surface area contributed by atoms with Gasteiger partial charge in [0.25, 0.3) is 0 Å². The Balaban J connectivity index is 1.71. The van der Waals surface area contributed by atoms with E-state index in [9.17, 15) is 0 Å². The van der Waals surface area contributed by atoms with Crippen molar-refractivity contribution in [3.8, 4) is 22.3 Å². The van der Waals surface area contributed by atoms with Gasteiger partial charge in [-0.05, 0) is 82.5 Å². The summed E-state index contributed by atoms with van der Waals surface area (Å²) < 4.78 is 0. The van der Waals surface area contributed by atoms with Crippen LogP contribution in [0.3, 0.4) is 0 Å². The van der Waals surface area contributed by atoms with Crippen molar-refractivity contribution >= 4 is 48.7 Å². The van der Waals surface area contributed by atoms with Crippen LogP contribution >= 0.6 is 0 Å². The normalized spacial score (nSPS) is 11.8. The predicted molar refractivity (Wildman–Crippen MR) is 176 cm³/mol. The van der Waals surface area contributed by atoms with Crippen LogP contribution in [-0.4, -0.2) is 0 Å². The molecule has 7 aromatic rings. The van der Waals surface area contributed by atoms with E-state index in [4.69, 9.17) is 0 Å². The van der Waals surface area contributed by atoms with E-state index in [-0.39, 0.29) is 0 Å². The summed E-state index contributed by atoms with van der Waals surface area (Å²) in [5, 5.41) is 9.98. The fourth-order valence-electron chi connectivity index (χ4n) is 6.23. The Bertz CT molecular complexity index is 2130. The summed E-state index contributed by atoms with van der Waals surface area (Å²) in [5.74, 6) is 0. The maximum atomic E-state index is 4.09. The number of benzene rings is 7. The van der Waals surface area contributed by atoms with Gasteiger partial charge in [-0.1, -0.05) is 153 Å². The standard InChI is InChI=1S/C40H28/c1-3-13-27(4-2)30-24-25-37-38(26-30)40(34-23-12-17-29-15-6-8-19-32(29)34)36-21-10-9-20-35(36)39(37)33-22-11-16-28-14-5-7-18-31(28)33/h3-26H,1-2H2/b27-13+. The molecule has 7 rings (SSSR count). The van der Waals surface area contributed by atoms with Gasteiger partial charge in [-0.25, -0.2) is 0 Å². The van der Waals surface area contributed by atoms with Crippen LogP contribution in [0.2, 0.25) is 0 Å². The molecule has 0 nitrogen and oxygen atoms in total. The van der Waals surface area contributed by atoms with Gasteiger partial charge < -0.3 is 0 Å². The Labute approximate surface area is 234 Å². The quantitative estimate of drug-likeness (QED) is 0.160. The second-order valence-corrected chi connectivity index (χ2v) is 10.2. The third-order valence-electron chi connectivity index (χ3n) is 7.99. The molecule has 0 saturated carbocycles. The molecule has 0 aliphatic heterocycles. The van der Waals surface area contributed by atoms with Crippen LogP contribution in [0.15, 0.2) is 159 Å². The number of rotatable bonds is 5. The molecule has 0 atom stereocenters. The third-order valence-corrected chi connectivity index (χ3v) is 7.99. The first-order valence-electron chi connectivity index (χ1n) is 13.7. The van der Waals surface area contributed by atoms with Gasteiger partial charge in [0.05, 0.1) is 0 Å². The van der Waals surface area contributed by atoms with E-state index in [2.05, 4.69) is 141 Å². The van der Waals surface area contributed by atoms with E-state index in [0.717, 1.165) is 11.1 Å². The summed E-state index contributed by atoms with van der Waals surface area (Å²) in [5.41, 5.74) is 7.21. The summed E-state index contributed by atoms with van der Waals surface area (Å²) in [7, 11) is 0. The van der Waals surface area contributed by atoms with Crippen molar-refractivity contribution in [1.82, 2.24) is 0 Å². The third kappa shape index (κ3) is 3.77. The van der Waals surface area contributed by atoms with E-state index in [1.54, 1.807) is 0 Å². The van der Waals surface area contributed by atoms with Crippen LogP contribution in [0.4, 0.5) is 0 Å². The lowest BCUT2D eigenvalue weighted by molar-refractivity contribution is 1.65. The SMILES string of the molecule is C=C/C=C(\C=C)c1ccc2c(-c3cccc4ccccc34)c3ccccc3c(-c3cccc4ccccc34)c2c1. The predicted octanol–water partition coefficient (Wildman–Crippen LogP) is 11.4. The minimum atomic E-state index is 1.06. The van der Waals surface area contributed by atoms with Crippen LogP contribution in [0.25, 0.3) is 70.9 Å². The Hall–Kier alpha value is -5.20. The van der Waals surface area contributed by atoms with Gasteiger partial charge in [-0.15, -0.1) is 0 Å². The van der Waals surface area contributed by atoms with Gasteiger partial charge >= 0.3 is 0 Å². The summed E-state index contributed by atoms with van der Waals surface area (Å²) in [6, 6.07) is 46.4. The molecule has 0 bridgehead atoms. The maximum absolute atomic E-state index is 4.09. The first kappa shape index (κ1) is 23.9. The molecule has 0 unspecified atom stereocenters. The van der Waals surface area contributed by atoms with Gasteiger partial charge in [0.15, 0.2) is 0 Å². The highest BCUT2D eigenvalue weighted by molar-refractivity contribution is 6.25. The molecule has 0 spiro atoms. The first-order valence-corrected chi connectivity index (χ1v) is 13.7. The van der Waals surface area contributed by atoms with E-state index in [1.165, 1.54) is 65.3 Å². The van der Waals surface area contributed by atoms with Crippen molar-refractivity contribution in [3.63, 3.8) is 0 Å². The fourth-order valence-corrected chi connectivity index (χ4v) is 6.23. The van der Waals surface area contributed by atoms with E-state index < -0.39 is 0 Å². The van der Waals surface area contributed by atoms with Crippen LogP contribution in [-0.2, 0) is 0 Å². The van der Waals surface area contributed by atoms with E-state index in [0.29, 0.717) is 0 Å². The number of hydrogen-bond acceptors (Lipinski definition) is 0. The first-order chi connectivity index (χ1) is 19.8. The molecule has 0 aromatic heterocycles. The van der Waals surface area contributed by atoms with Gasteiger partial charge in [-0.3, -0.25) is 0 Å². The van der Waals surface area contributed by atoms with Crippen molar-refractivity contribution in [2.45, 2.75) is 0 Å². The molecule has 0 N–H and O–H groups in total. The number of hydrogen-bond donors (Lipinski definition) is 0. The lowest BCUT2D eigenvalue weighted by Gasteiger charge is -2.20. The van der Waals surface area contributed by atoms with Crippen molar-refractivity contribution in [3.05, 3.63) is 164 Å². The summed E-state index contributed by atoms with van der Waals surface area (Å²) in [4.78, 5) is 0. The molecule has 0 fully saturated rings. The Kier molecular flexibility index (Phi) is 5.87. The zero-order chi connectivity index (χ0) is 27.1. The van der Waals surface area contributed by atoms with E-state index >= 15 is 0 Å². The van der Waals surface area contributed by atoms with Crippen LogP contribution in [0, 0.1) is 0 Å². The molecule has 0 heteroatoms. The average Bonchev–Trinajstić information content (AvgIpc) is 3.02. The highest BCUT2D eigenvalue weighted by Gasteiger charge is 2.19. The second kappa shape index (κ2) is 9.84. The van der Waals surface area contributed by atoms with Crippen molar-refractivity contribution in [2.24, 2.45) is 0 Å². The Morgan fingerprint density at radius 3 is 1.48 bits per heavy atom. The molecule has 0 saturated heterocycles. The molecule has 40 heavy (non-hydrogen) atoms. The maximum Gasteiger partial charge on any atom is -0.00199 e. The molecule has 7 aromatic carbocycles.